The first kappa shape index (κ1) is 12.6. The van der Waals surface area contributed by atoms with Gasteiger partial charge in [-0.2, -0.15) is 0 Å². The molecule has 86 valence electrons. The second-order valence-corrected chi connectivity index (χ2v) is 4.45. The number of hydrogen-bond donors (Lipinski definition) is 2. The van der Waals surface area contributed by atoms with Gasteiger partial charge in [0.25, 0.3) is 0 Å². The minimum atomic E-state index is 0.120. The van der Waals surface area contributed by atoms with Crippen molar-refractivity contribution in [1.29, 1.82) is 0 Å². The van der Waals surface area contributed by atoms with Crippen molar-refractivity contribution in [2.45, 2.75) is 26.0 Å². The monoisotopic (exact) mass is 228 g/mol. The van der Waals surface area contributed by atoms with Gasteiger partial charge in [0.2, 0.25) is 0 Å². The summed E-state index contributed by atoms with van der Waals surface area (Å²) >= 11 is 1.81. The average Bonchev–Trinajstić information content (AvgIpc) is 2.72. The van der Waals surface area contributed by atoms with Gasteiger partial charge in [-0.15, -0.1) is 11.3 Å². The molecule has 0 saturated carbocycles. The highest BCUT2D eigenvalue weighted by Gasteiger charge is 2.05. The normalized spacial score (nSPS) is 13.0. The third-order valence-electron chi connectivity index (χ3n) is 2.47. The minimum Gasteiger partial charge on any atom is -0.379 e. The van der Waals surface area contributed by atoms with Crippen molar-refractivity contribution in [2.24, 2.45) is 5.73 Å². The van der Waals surface area contributed by atoms with E-state index in [0.29, 0.717) is 6.54 Å². The molecule has 0 saturated heterocycles. The fraction of sp³-hybridized carbons (Fsp3) is 0.636. The molecular weight excluding hydrogens is 208 g/mol. The first-order valence-electron chi connectivity index (χ1n) is 5.30. The number of rotatable bonds is 7. The van der Waals surface area contributed by atoms with Gasteiger partial charge in [-0.25, -0.2) is 0 Å². The molecule has 0 amide bonds. The van der Waals surface area contributed by atoms with Gasteiger partial charge < -0.3 is 15.8 Å². The topological polar surface area (TPSA) is 47.3 Å². The van der Waals surface area contributed by atoms with Gasteiger partial charge in [0.15, 0.2) is 0 Å². The van der Waals surface area contributed by atoms with Gasteiger partial charge in [0, 0.05) is 31.6 Å². The second-order valence-electron chi connectivity index (χ2n) is 3.45. The summed E-state index contributed by atoms with van der Waals surface area (Å²) in [5, 5.41) is 5.52. The highest BCUT2D eigenvalue weighted by atomic mass is 32.1. The Balaban J connectivity index is 2.31. The predicted molar refractivity (Wildman–Crippen MR) is 65.3 cm³/mol. The molecule has 0 aromatic carbocycles. The SMILES string of the molecule is CCc1ccsc1CNCC(CN)OC. The number of ether oxygens (including phenoxy) is 1. The van der Waals surface area contributed by atoms with Crippen LogP contribution in [0.2, 0.25) is 0 Å². The van der Waals surface area contributed by atoms with Crippen molar-refractivity contribution in [2.75, 3.05) is 20.2 Å². The predicted octanol–water partition coefficient (Wildman–Crippen LogP) is 1.37. The zero-order valence-electron chi connectivity index (χ0n) is 9.45. The zero-order valence-corrected chi connectivity index (χ0v) is 10.3. The molecule has 15 heavy (non-hydrogen) atoms. The van der Waals surface area contributed by atoms with Crippen LogP contribution in [0, 0.1) is 0 Å². The Hall–Kier alpha value is -0.420. The second kappa shape index (κ2) is 6.95. The fourth-order valence-electron chi connectivity index (χ4n) is 1.45. The Kier molecular flexibility index (Phi) is 5.86. The Morgan fingerprint density at radius 2 is 2.40 bits per heavy atom. The number of nitrogens with one attached hydrogen (secondary N) is 1. The first-order valence-corrected chi connectivity index (χ1v) is 6.18. The van der Waals surface area contributed by atoms with Crippen LogP contribution in [-0.2, 0) is 17.7 Å². The van der Waals surface area contributed by atoms with E-state index in [1.54, 1.807) is 18.4 Å². The van der Waals surface area contributed by atoms with E-state index in [0.717, 1.165) is 19.5 Å². The molecule has 1 rings (SSSR count). The summed E-state index contributed by atoms with van der Waals surface area (Å²) in [4.78, 5) is 1.42. The van der Waals surface area contributed by atoms with E-state index in [1.807, 2.05) is 0 Å². The van der Waals surface area contributed by atoms with Crippen molar-refractivity contribution < 1.29 is 4.74 Å². The summed E-state index contributed by atoms with van der Waals surface area (Å²) in [6, 6.07) is 2.19. The van der Waals surface area contributed by atoms with Crippen molar-refractivity contribution >= 4 is 11.3 Å². The molecule has 1 unspecified atom stereocenters. The molecule has 4 heteroatoms. The van der Waals surface area contributed by atoms with E-state index in [1.165, 1.54) is 10.4 Å². The third kappa shape index (κ3) is 3.91. The molecular formula is C11H20N2OS. The van der Waals surface area contributed by atoms with E-state index in [4.69, 9.17) is 10.5 Å². The number of aryl methyl sites for hydroxylation is 1. The molecule has 3 N–H and O–H groups in total. The number of hydrogen-bond acceptors (Lipinski definition) is 4. The van der Waals surface area contributed by atoms with Crippen molar-refractivity contribution in [1.82, 2.24) is 5.32 Å². The smallest absolute Gasteiger partial charge is 0.0817 e. The number of nitrogens with two attached hydrogens (primary N) is 1. The fourth-order valence-corrected chi connectivity index (χ4v) is 2.39. The van der Waals surface area contributed by atoms with E-state index in [2.05, 4.69) is 23.7 Å². The molecule has 0 aliphatic heterocycles. The van der Waals surface area contributed by atoms with Crippen LogP contribution < -0.4 is 11.1 Å². The Labute approximate surface area is 95.6 Å². The molecule has 0 fully saturated rings. The molecule has 3 nitrogen and oxygen atoms in total. The standard InChI is InChI=1S/C11H20N2OS/c1-3-9-4-5-15-11(9)8-13-7-10(6-12)14-2/h4-5,10,13H,3,6-8,12H2,1-2H3. The maximum Gasteiger partial charge on any atom is 0.0817 e. The maximum absolute atomic E-state index is 5.54. The molecule has 0 aliphatic carbocycles. The lowest BCUT2D eigenvalue weighted by molar-refractivity contribution is 0.108. The largest absolute Gasteiger partial charge is 0.379 e. The highest BCUT2D eigenvalue weighted by Crippen LogP contribution is 2.16. The van der Waals surface area contributed by atoms with Gasteiger partial charge in [-0.05, 0) is 23.4 Å². The quantitative estimate of drug-likeness (QED) is 0.741. The number of thiophene rings is 1. The maximum atomic E-state index is 5.54. The average molecular weight is 228 g/mol. The summed E-state index contributed by atoms with van der Waals surface area (Å²) in [6.45, 7) is 4.48. The van der Waals surface area contributed by atoms with Gasteiger partial charge in [-0.1, -0.05) is 6.92 Å². The van der Waals surface area contributed by atoms with Crippen LogP contribution in [0.5, 0.6) is 0 Å². The number of methoxy groups -OCH3 is 1. The molecule has 0 bridgehead atoms. The summed E-state index contributed by atoms with van der Waals surface area (Å²) in [6.07, 6.45) is 1.22. The molecule has 0 spiro atoms. The van der Waals surface area contributed by atoms with Crippen LogP contribution in [0.15, 0.2) is 11.4 Å². The van der Waals surface area contributed by atoms with Crippen LogP contribution in [0.25, 0.3) is 0 Å². The summed E-state index contributed by atoms with van der Waals surface area (Å²) in [5.74, 6) is 0. The van der Waals surface area contributed by atoms with Crippen LogP contribution in [0.1, 0.15) is 17.4 Å². The van der Waals surface area contributed by atoms with E-state index in [9.17, 15) is 0 Å². The van der Waals surface area contributed by atoms with Crippen molar-refractivity contribution in [3.63, 3.8) is 0 Å². The third-order valence-corrected chi connectivity index (χ3v) is 3.44. The lowest BCUT2D eigenvalue weighted by Crippen LogP contribution is -2.33. The highest BCUT2D eigenvalue weighted by molar-refractivity contribution is 7.10. The molecule has 1 aromatic heterocycles. The lowest BCUT2D eigenvalue weighted by atomic mass is 10.2. The Bertz CT molecular complexity index is 271. The minimum absolute atomic E-state index is 0.120. The molecule has 1 aromatic rings. The first-order chi connectivity index (χ1) is 7.31. The Morgan fingerprint density at radius 3 is 3.00 bits per heavy atom. The van der Waals surface area contributed by atoms with Crippen molar-refractivity contribution in [3.8, 4) is 0 Å². The van der Waals surface area contributed by atoms with Crippen LogP contribution >= 0.6 is 11.3 Å². The van der Waals surface area contributed by atoms with Gasteiger partial charge >= 0.3 is 0 Å². The van der Waals surface area contributed by atoms with Crippen LogP contribution in [-0.4, -0.2) is 26.3 Å². The molecule has 0 radical (unpaired) electrons. The summed E-state index contributed by atoms with van der Waals surface area (Å²) < 4.78 is 5.19. The van der Waals surface area contributed by atoms with E-state index < -0.39 is 0 Å². The van der Waals surface area contributed by atoms with Gasteiger partial charge in [-0.3, -0.25) is 0 Å². The molecule has 1 atom stereocenters. The Morgan fingerprint density at radius 1 is 1.60 bits per heavy atom. The van der Waals surface area contributed by atoms with Gasteiger partial charge in [0.05, 0.1) is 6.10 Å². The summed E-state index contributed by atoms with van der Waals surface area (Å²) in [7, 11) is 1.70. The molecule has 0 aliphatic rings. The van der Waals surface area contributed by atoms with Gasteiger partial charge in [0.1, 0.15) is 0 Å². The zero-order chi connectivity index (χ0) is 11.1. The van der Waals surface area contributed by atoms with E-state index in [-0.39, 0.29) is 6.10 Å². The van der Waals surface area contributed by atoms with Crippen LogP contribution in [0.4, 0.5) is 0 Å². The lowest BCUT2D eigenvalue weighted by Gasteiger charge is -2.13. The summed E-state index contributed by atoms with van der Waals surface area (Å²) in [5.41, 5.74) is 6.98. The van der Waals surface area contributed by atoms with Crippen LogP contribution in [0.3, 0.4) is 0 Å². The molecule has 1 heterocycles. The van der Waals surface area contributed by atoms with Crippen molar-refractivity contribution in [3.05, 3.63) is 21.9 Å². The van der Waals surface area contributed by atoms with E-state index >= 15 is 0 Å².